The van der Waals surface area contributed by atoms with Crippen LogP contribution in [0.3, 0.4) is 0 Å². The fraction of sp³-hybridized carbons (Fsp3) is 0.200. The highest BCUT2D eigenvalue weighted by Crippen LogP contribution is 2.30. The summed E-state index contributed by atoms with van der Waals surface area (Å²) in [6.45, 7) is 6.04. The van der Waals surface area contributed by atoms with Gasteiger partial charge in [-0.3, -0.25) is 3.97 Å². The number of nitrogens with zero attached hydrogens (tertiary/aromatic N) is 3. The number of aromatic nitrogens is 3. The molecule has 0 aliphatic rings. The maximum atomic E-state index is 6.07. The SMILES string of the molecule is CC.Cc1cc2c(Cl)ncnc2n1Sc1ccccc1. The predicted octanol–water partition coefficient (Wildman–Crippen LogP) is 4.97. The lowest BCUT2D eigenvalue weighted by atomic mass is 10.4. The van der Waals surface area contributed by atoms with Gasteiger partial charge in [-0.15, -0.1) is 0 Å². The maximum absolute atomic E-state index is 6.07. The molecule has 0 amide bonds. The maximum Gasteiger partial charge on any atom is 0.155 e. The van der Waals surface area contributed by atoms with Gasteiger partial charge in [0, 0.05) is 10.6 Å². The summed E-state index contributed by atoms with van der Waals surface area (Å²) in [5, 5.41) is 1.38. The lowest BCUT2D eigenvalue weighted by Crippen LogP contribution is -1.91. The molecular formula is C15H16ClN3S. The molecule has 5 heteroatoms. The lowest BCUT2D eigenvalue weighted by Gasteiger charge is -2.05. The van der Waals surface area contributed by atoms with Crippen molar-refractivity contribution in [3.05, 3.63) is 53.6 Å². The third kappa shape index (κ3) is 2.97. The summed E-state index contributed by atoms with van der Waals surface area (Å²) in [5.74, 6) is 0. The minimum Gasteiger partial charge on any atom is -0.268 e. The molecule has 0 aliphatic carbocycles. The molecule has 3 nitrogen and oxygen atoms in total. The fourth-order valence-corrected chi connectivity index (χ4v) is 2.89. The second-order valence-electron chi connectivity index (χ2n) is 3.89. The summed E-state index contributed by atoms with van der Waals surface area (Å²) in [5.41, 5.74) is 1.95. The van der Waals surface area contributed by atoms with Crippen molar-refractivity contribution in [3.63, 3.8) is 0 Å². The van der Waals surface area contributed by atoms with Crippen molar-refractivity contribution in [1.29, 1.82) is 0 Å². The number of fused-ring (bicyclic) bond motifs is 1. The van der Waals surface area contributed by atoms with E-state index in [1.807, 2.05) is 45.0 Å². The van der Waals surface area contributed by atoms with E-state index in [2.05, 4.69) is 26.1 Å². The summed E-state index contributed by atoms with van der Waals surface area (Å²) in [7, 11) is 0. The number of halogens is 1. The molecule has 2 aromatic heterocycles. The summed E-state index contributed by atoms with van der Waals surface area (Å²) >= 11 is 7.70. The third-order valence-electron chi connectivity index (χ3n) is 2.62. The molecule has 0 unspecified atom stereocenters. The zero-order chi connectivity index (χ0) is 14.5. The Morgan fingerprint density at radius 2 is 1.80 bits per heavy atom. The number of rotatable bonds is 2. The highest BCUT2D eigenvalue weighted by molar-refractivity contribution is 7.98. The van der Waals surface area contributed by atoms with Gasteiger partial charge in [-0.25, -0.2) is 9.97 Å². The molecule has 0 fully saturated rings. The highest BCUT2D eigenvalue weighted by atomic mass is 35.5. The summed E-state index contributed by atoms with van der Waals surface area (Å²) in [4.78, 5) is 9.47. The van der Waals surface area contributed by atoms with E-state index in [1.165, 1.54) is 6.33 Å². The minimum atomic E-state index is 0.496. The van der Waals surface area contributed by atoms with Crippen LogP contribution in [0.1, 0.15) is 19.5 Å². The molecule has 0 radical (unpaired) electrons. The van der Waals surface area contributed by atoms with Crippen molar-refractivity contribution in [2.45, 2.75) is 25.7 Å². The fourth-order valence-electron chi connectivity index (χ4n) is 1.79. The molecule has 3 rings (SSSR count). The largest absolute Gasteiger partial charge is 0.268 e. The van der Waals surface area contributed by atoms with Crippen LogP contribution in [0.5, 0.6) is 0 Å². The molecule has 0 bridgehead atoms. The van der Waals surface area contributed by atoms with E-state index in [0.29, 0.717) is 5.15 Å². The van der Waals surface area contributed by atoms with Crippen LogP contribution in [0, 0.1) is 6.92 Å². The van der Waals surface area contributed by atoms with Gasteiger partial charge in [-0.1, -0.05) is 43.6 Å². The summed E-state index contributed by atoms with van der Waals surface area (Å²) < 4.78 is 2.07. The lowest BCUT2D eigenvalue weighted by molar-refractivity contribution is 1.14. The Bertz CT molecular complexity index is 695. The first-order chi connectivity index (χ1) is 9.75. The van der Waals surface area contributed by atoms with Crippen molar-refractivity contribution in [2.24, 2.45) is 0 Å². The molecule has 0 N–H and O–H groups in total. The average molecular weight is 306 g/mol. The summed E-state index contributed by atoms with van der Waals surface area (Å²) in [6.07, 6.45) is 1.49. The first kappa shape index (κ1) is 14.9. The normalized spacial score (nSPS) is 10.2. The molecule has 1 aromatic carbocycles. The van der Waals surface area contributed by atoms with Gasteiger partial charge in [0.1, 0.15) is 11.5 Å². The Morgan fingerprint density at radius 3 is 2.50 bits per heavy atom. The Kier molecular flexibility index (Phi) is 5.04. The Balaban J connectivity index is 0.000000704. The van der Waals surface area contributed by atoms with Gasteiger partial charge in [0.15, 0.2) is 5.65 Å². The average Bonchev–Trinajstić information content (AvgIpc) is 2.81. The number of hydrogen-bond acceptors (Lipinski definition) is 3. The number of hydrogen-bond donors (Lipinski definition) is 0. The molecule has 0 saturated heterocycles. The molecule has 0 spiro atoms. The monoisotopic (exact) mass is 305 g/mol. The molecule has 2 heterocycles. The van der Waals surface area contributed by atoms with Gasteiger partial charge < -0.3 is 0 Å². The number of aryl methyl sites for hydroxylation is 1. The van der Waals surface area contributed by atoms with E-state index in [0.717, 1.165) is 21.6 Å². The van der Waals surface area contributed by atoms with Gasteiger partial charge in [0.25, 0.3) is 0 Å². The standard InChI is InChI=1S/C13H10ClN3S.C2H6/c1-9-7-11-12(14)15-8-16-13(11)17(9)18-10-5-3-2-4-6-10;1-2/h2-8H,1H3;1-2H3. The minimum absolute atomic E-state index is 0.496. The first-order valence-electron chi connectivity index (χ1n) is 6.47. The topological polar surface area (TPSA) is 30.7 Å². The zero-order valence-corrected chi connectivity index (χ0v) is 13.2. The number of benzene rings is 1. The van der Waals surface area contributed by atoms with Crippen molar-refractivity contribution in [3.8, 4) is 0 Å². The van der Waals surface area contributed by atoms with Crippen molar-refractivity contribution in [1.82, 2.24) is 13.9 Å². The second-order valence-corrected chi connectivity index (χ2v) is 5.26. The third-order valence-corrected chi connectivity index (χ3v) is 4.05. The van der Waals surface area contributed by atoms with Crippen LogP contribution in [0.25, 0.3) is 11.0 Å². The molecule has 0 aliphatic heterocycles. The smallest absolute Gasteiger partial charge is 0.155 e. The Morgan fingerprint density at radius 1 is 1.10 bits per heavy atom. The van der Waals surface area contributed by atoms with E-state index >= 15 is 0 Å². The summed E-state index contributed by atoms with van der Waals surface area (Å²) in [6, 6.07) is 12.2. The van der Waals surface area contributed by atoms with Crippen molar-refractivity contribution in [2.75, 3.05) is 0 Å². The van der Waals surface area contributed by atoms with Gasteiger partial charge in [-0.2, -0.15) is 0 Å². The Labute approximate surface area is 128 Å². The quantitative estimate of drug-likeness (QED) is 0.626. The molecule has 0 atom stereocenters. The van der Waals surface area contributed by atoms with Gasteiger partial charge in [0.05, 0.1) is 5.39 Å². The van der Waals surface area contributed by atoms with Crippen LogP contribution in [-0.4, -0.2) is 13.9 Å². The molecule has 20 heavy (non-hydrogen) atoms. The van der Waals surface area contributed by atoms with E-state index < -0.39 is 0 Å². The van der Waals surface area contributed by atoms with Gasteiger partial charge in [-0.05, 0) is 37.1 Å². The Hall–Kier alpha value is -1.52. The van der Waals surface area contributed by atoms with Crippen molar-refractivity contribution < 1.29 is 0 Å². The van der Waals surface area contributed by atoms with Crippen molar-refractivity contribution >= 4 is 34.6 Å². The second kappa shape index (κ2) is 6.77. The van der Waals surface area contributed by atoms with Crippen LogP contribution in [0.2, 0.25) is 5.15 Å². The molecule has 3 aromatic rings. The first-order valence-corrected chi connectivity index (χ1v) is 7.63. The van der Waals surface area contributed by atoms with E-state index in [-0.39, 0.29) is 0 Å². The van der Waals surface area contributed by atoms with Crippen LogP contribution in [-0.2, 0) is 0 Å². The van der Waals surface area contributed by atoms with Gasteiger partial charge >= 0.3 is 0 Å². The van der Waals surface area contributed by atoms with Crippen LogP contribution in [0.15, 0.2) is 47.6 Å². The highest BCUT2D eigenvalue weighted by Gasteiger charge is 2.11. The molecular weight excluding hydrogens is 290 g/mol. The van der Waals surface area contributed by atoms with E-state index in [1.54, 1.807) is 11.9 Å². The molecule has 0 saturated carbocycles. The predicted molar refractivity (Wildman–Crippen MR) is 86.3 cm³/mol. The van der Waals surface area contributed by atoms with Gasteiger partial charge in [0.2, 0.25) is 0 Å². The zero-order valence-electron chi connectivity index (χ0n) is 11.7. The van der Waals surface area contributed by atoms with Crippen LogP contribution >= 0.6 is 23.5 Å². The van der Waals surface area contributed by atoms with E-state index in [9.17, 15) is 0 Å². The van der Waals surface area contributed by atoms with E-state index in [4.69, 9.17) is 11.6 Å². The van der Waals surface area contributed by atoms with Crippen LogP contribution in [0.4, 0.5) is 0 Å². The molecule has 104 valence electrons. The van der Waals surface area contributed by atoms with Crippen LogP contribution < -0.4 is 0 Å².